The molecule has 2 rings (SSSR count). The maximum Gasteiger partial charge on any atom is 0.253 e. The number of nitrogens with one attached hydrogen (secondary N) is 1. The second-order valence-corrected chi connectivity index (χ2v) is 4.88. The lowest BCUT2D eigenvalue weighted by Crippen LogP contribution is -2.31. The highest BCUT2D eigenvalue weighted by atomic mass is 16.5. The van der Waals surface area contributed by atoms with E-state index in [1.165, 1.54) is 18.3 Å². The van der Waals surface area contributed by atoms with E-state index in [-0.39, 0.29) is 11.3 Å². The summed E-state index contributed by atoms with van der Waals surface area (Å²) in [6.45, 7) is 0.329. The molecular formula is C17H17N2O5-. The zero-order valence-corrected chi connectivity index (χ0v) is 13.4. The number of carbonyl (C=O) groups excluding carboxylic acids is 2. The fourth-order valence-electron chi connectivity index (χ4n) is 2.20. The van der Waals surface area contributed by atoms with Crippen LogP contribution in [-0.4, -0.2) is 37.6 Å². The lowest BCUT2D eigenvalue weighted by molar-refractivity contribution is -0.255. The smallest absolute Gasteiger partial charge is 0.253 e. The van der Waals surface area contributed by atoms with Gasteiger partial charge in [-0.2, -0.15) is 0 Å². The lowest BCUT2D eigenvalue weighted by Gasteiger charge is -2.11. The molecule has 0 spiro atoms. The molecule has 0 bridgehead atoms. The van der Waals surface area contributed by atoms with Crippen molar-refractivity contribution in [1.82, 2.24) is 10.3 Å². The van der Waals surface area contributed by atoms with Crippen LogP contribution in [0, 0.1) is 0 Å². The molecule has 126 valence electrons. The number of carboxylic acid groups (broad SMARTS) is 1. The van der Waals surface area contributed by atoms with Gasteiger partial charge in [0.2, 0.25) is 0 Å². The van der Waals surface area contributed by atoms with Gasteiger partial charge in [-0.25, -0.2) is 0 Å². The van der Waals surface area contributed by atoms with E-state index in [1.807, 2.05) is 12.1 Å². The van der Waals surface area contributed by atoms with Gasteiger partial charge < -0.3 is 24.7 Å². The molecule has 0 atom stereocenters. The Morgan fingerprint density at radius 3 is 2.58 bits per heavy atom. The SMILES string of the molecule is COc1ccc(CCNC(=O)c2cccnc2C(=O)[O-])cc1OC. The standard InChI is InChI=1S/C17H18N2O5/c1-23-13-6-5-11(10-14(13)24-2)7-9-19-16(20)12-4-3-8-18-15(12)17(21)22/h3-6,8,10H,7,9H2,1-2H3,(H,19,20)(H,21,22)/p-1. The Labute approximate surface area is 139 Å². The Morgan fingerprint density at radius 2 is 1.92 bits per heavy atom. The summed E-state index contributed by atoms with van der Waals surface area (Å²) < 4.78 is 10.4. The van der Waals surface area contributed by atoms with Crippen molar-refractivity contribution in [2.24, 2.45) is 0 Å². The third kappa shape index (κ3) is 4.01. The molecule has 1 aromatic heterocycles. The van der Waals surface area contributed by atoms with Gasteiger partial charge in [0.25, 0.3) is 5.91 Å². The van der Waals surface area contributed by atoms with Gasteiger partial charge in [0, 0.05) is 12.7 Å². The monoisotopic (exact) mass is 329 g/mol. The maximum absolute atomic E-state index is 12.1. The molecule has 0 aliphatic heterocycles. The van der Waals surface area contributed by atoms with Gasteiger partial charge in [0.05, 0.1) is 31.4 Å². The van der Waals surface area contributed by atoms with Crippen LogP contribution in [0.25, 0.3) is 0 Å². The molecule has 0 saturated heterocycles. The van der Waals surface area contributed by atoms with Gasteiger partial charge in [-0.3, -0.25) is 9.78 Å². The van der Waals surface area contributed by atoms with E-state index in [0.29, 0.717) is 24.5 Å². The minimum Gasteiger partial charge on any atom is -0.543 e. The van der Waals surface area contributed by atoms with Crippen molar-refractivity contribution >= 4 is 11.9 Å². The topological polar surface area (TPSA) is 101 Å². The van der Waals surface area contributed by atoms with E-state index in [2.05, 4.69) is 10.3 Å². The van der Waals surface area contributed by atoms with E-state index >= 15 is 0 Å². The summed E-state index contributed by atoms with van der Waals surface area (Å²) in [5.74, 6) is -0.768. The van der Waals surface area contributed by atoms with Crippen LogP contribution in [0.1, 0.15) is 26.4 Å². The molecule has 2 aromatic rings. The predicted molar refractivity (Wildman–Crippen MR) is 84.2 cm³/mol. The Balaban J connectivity index is 2.00. The Bertz CT molecular complexity index is 746. The van der Waals surface area contributed by atoms with Crippen molar-refractivity contribution in [2.45, 2.75) is 6.42 Å². The van der Waals surface area contributed by atoms with Gasteiger partial charge in [-0.1, -0.05) is 6.07 Å². The third-order valence-electron chi connectivity index (χ3n) is 3.39. The molecule has 7 nitrogen and oxygen atoms in total. The first-order chi connectivity index (χ1) is 11.6. The maximum atomic E-state index is 12.1. The van der Waals surface area contributed by atoms with E-state index < -0.39 is 11.9 Å². The van der Waals surface area contributed by atoms with Crippen molar-refractivity contribution in [3.63, 3.8) is 0 Å². The van der Waals surface area contributed by atoms with E-state index in [4.69, 9.17) is 9.47 Å². The fourth-order valence-corrected chi connectivity index (χ4v) is 2.20. The second-order valence-electron chi connectivity index (χ2n) is 4.88. The average Bonchev–Trinajstić information content (AvgIpc) is 2.61. The summed E-state index contributed by atoms with van der Waals surface area (Å²) in [6, 6.07) is 8.36. The highest BCUT2D eigenvalue weighted by molar-refractivity contribution is 6.02. The number of hydrogen-bond acceptors (Lipinski definition) is 6. The van der Waals surface area contributed by atoms with E-state index in [1.54, 1.807) is 20.3 Å². The Morgan fingerprint density at radius 1 is 1.17 bits per heavy atom. The Hall–Kier alpha value is -3.09. The summed E-state index contributed by atoms with van der Waals surface area (Å²) in [5.41, 5.74) is 0.546. The molecule has 1 N–H and O–H groups in total. The molecule has 0 unspecified atom stereocenters. The minimum absolute atomic E-state index is 0.0233. The van der Waals surface area contributed by atoms with Crippen LogP contribution in [0.3, 0.4) is 0 Å². The first kappa shape index (κ1) is 17.3. The van der Waals surface area contributed by atoms with E-state index in [9.17, 15) is 14.7 Å². The first-order valence-corrected chi connectivity index (χ1v) is 7.22. The van der Waals surface area contributed by atoms with Gasteiger partial charge in [0.15, 0.2) is 11.5 Å². The summed E-state index contributed by atoms with van der Waals surface area (Å²) in [7, 11) is 3.10. The summed E-state index contributed by atoms with van der Waals surface area (Å²) in [6.07, 6.45) is 1.85. The molecule has 0 radical (unpaired) electrons. The minimum atomic E-state index is -1.49. The largest absolute Gasteiger partial charge is 0.543 e. The molecule has 1 heterocycles. The number of pyridine rings is 1. The van der Waals surface area contributed by atoms with Gasteiger partial charge in [-0.05, 0) is 36.2 Å². The predicted octanol–water partition coefficient (Wildman–Crippen LogP) is 0.435. The Kier molecular flexibility index (Phi) is 5.73. The number of carbonyl (C=O) groups is 2. The molecule has 0 fully saturated rings. The van der Waals surface area contributed by atoms with E-state index in [0.717, 1.165) is 5.56 Å². The van der Waals surface area contributed by atoms with Crippen LogP contribution < -0.4 is 19.9 Å². The van der Waals surface area contributed by atoms with Crippen LogP contribution in [-0.2, 0) is 6.42 Å². The molecule has 0 saturated carbocycles. The lowest BCUT2D eigenvalue weighted by atomic mass is 10.1. The van der Waals surface area contributed by atoms with Crippen LogP contribution in [0.15, 0.2) is 36.5 Å². The molecule has 0 aliphatic rings. The zero-order valence-electron chi connectivity index (χ0n) is 13.4. The fraction of sp³-hybridized carbons (Fsp3) is 0.235. The van der Waals surface area contributed by atoms with Crippen LogP contribution >= 0.6 is 0 Å². The van der Waals surface area contributed by atoms with Crippen molar-refractivity contribution in [2.75, 3.05) is 20.8 Å². The normalized spacial score (nSPS) is 10.1. The van der Waals surface area contributed by atoms with Crippen molar-refractivity contribution in [3.05, 3.63) is 53.3 Å². The van der Waals surface area contributed by atoms with Crippen molar-refractivity contribution in [3.8, 4) is 11.5 Å². The molecule has 0 aliphatic carbocycles. The van der Waals surface area contributed by atoms with Gasteiger partial charge in [-0.15, -0.1) is 0 Å². The first-order valence-electron chi connectivity index (χ1n) is 7.22. The number of aromatic nitrogens is 1. The molecular weight excluding hydrogens is 312 g/mol. The quantitative estimate of drug-likeness (QED) is 0.791. The van der Waals surface area contributed by atoms with Crippen LogP contribution in [0.5, 0.6) is 11.5 Å². The number of carboxylic acids is 1. The van der Waals surface area contributed by atoms with Crippen LogP contribution in [0.4, 0.5) is 0 Å². The number of nitrogens with zero attached hydrogens (tertiary/aromatic N) is 1. The highest BCUT2D eigenvalue weighted by Crippen LogP contribution is 2.27. The summed E-state index contributed by atoms with van der Waals surface area (Å²) in [4.78, 5) is 26.7. The third-order valence-corrected chi connectivity index (χ3v) is 3.39. The van der Waals surface area contributed by atoms with Crippen LogP contribution in [0.2, 0.25) is 0 Å². The highest BCUT2D eigenvalue weighted by Gasteiger charge is 2.12. The molecule has 1 amide bonds. The van der Waals surface area contributed by atoms with Crippen molar-refractivity contribution in [1.29, 1.82) is 0 Å². The number of aromatic carboxylic acids is 1. The van der Waals surface area contributed by atoms with Crippen molar-refractivity contribution < 1.29 is 24.2 Å². The zero-order chi connectivity index (χ0) is 17.5. The average molecular weight is 329 g/mol. The number of ether oxygens (including phenoxy) is 2. The number of methoxy groups -OCH3 is 2. The number of benzene rings is 1. The van der Waals surface area contributed by atoms with Gasteiger partial charge >= 0.3 is 0 Å². The summed E-state index contributed by atoms with van der Waals surface area (Å²) >= 11 is 0. The second kappa shape index (κ2) is 7.96. The summed E-state index contributed by atoms with van der Waals surface area (Å²) in [5, 5.41) is 13.6. The number of amides is 1. The molecule has 24 heavy (non-hydrogen) atoms. The number of rotatable bonds is 7. The molecule has 7 heteroatoms. The molecule has 1 aromatic carbocycles. The number of hydrogen-bond donors (Lipinski definition) is 1. The van der Waals surface area contributed by atoms with Gasteiger partial charge in [0.1, 0.15) is 0 Å².